The molecule has 1 fully saturated rings. The van der Waals surface area contributed by atoms with Crippen LogP contribution in [0.4, 0.5) is 5.69 Å². The normalized spacial score (nSPS) is 15.3. The number of carboxylic acid groups (broad SMARTS) is 1. The summed E-state index contributed by atoms with van der Waals surface area (Å²) in [4.78, 5) is 35.1. The number of nitrogens with zero attached hydrogens (tertiary/aromatic N) is 2. The number of carboxylic acids is 1. The van der Waals surface area contributed by atoms with Crippen molar-refractivity contribution in [3.05, 3.63) is 56.1 Å². The second kappa shape index (κ2) is 8.76. The number of carbonyl (C=O) groups excluding carboxylic acids is 1. The van der Waals surface area contributed by atoms with Crippen molar-refractivity contribution < 1.29 is 24.0 Å². The van der Waals surface area contributed by atoms with Gasteiger partial charge < -0.3 is 9.52 Å². The molecule has 2 aromatic rings. The molecule has 1 aromatic carbocycles. The standard InChI is InChI=1S/C18H13ClN2O6S2/c19-13-8-10(21(25)26)3-5-12(13)14-6-4-11(27-14)9-15-17(24)20(18(28)29-15)7-1-2-16(22)23/h3-6,8-9H,1-2,7H2,(H,22,23)/b15-9-. The van der Waals surface area contributed by atoms with Crippen LogP contribution in [0.3, 0.4) is 0 Å². The summed E-state index contributed by atoms with van der Waals surface area (Å²) in [7, 11) is 0. The fourth-order valence-electron chi connectivity index (χ4n) is 2.60. The van der Waals surface area contributed by atoms with Gasteiger partial charge in [0.2, 0.25) is 0 Å². The van der Waals surface area contributed by atoms with Gasteiger partial charge in [0.15, 0.2) is 0 Å². The molecule has 3 rings (SSSR count). The predicted octanol–water partition coefficient (Wildman–Crippen LogP) is 4.57. The Kier molecular flexibility index (Phi) is 6.36. The maximum absolute atomic E-state index is 12.5. The van der Waals surface area contributed by atoms with Crippen LogP contribution in [0, 0.1) is 10.1 Å². The number of hydrogen-bond acceptors (Lipinski definition) is 7. The van der Waals surface area contributed by atoms with Crippen molar-refractivity contribution in [3.63, 3.8) is 0 Å². The molecule has 0 unspecified atom stereocenters. The zero-order chi connectivity index (χ0) is 21.1. The summed E-state index contributed by atoms with van der Waals surface area (Å²) in [5.41, 5.74) is 0.357. The van der Waals surface area contributed by atoms with E-state index in [-0.39, 0.29) is 29.6 Å². The number of aliphatic carboxylic acids is 1. The van der Waals surface area contributed by atoms with E-state index in [9.17, 15) is 19.7 Å². The molecule has 1 aliphatic heterocycles. The summed E-state index contributed by atoms with van der Waals surface area (Å²) in [5, 5.41) is 19.7. The number of non-ortho nitro benzene ring substituents is 1. The number of furan rings is 1. The van der Waals surface area contributed by atoms with Crippen LogP contribution in [-0.2, 0) is 9.59 Å². The molecule has 1 saturated heterocycles. The minimum Gasteiger partial charge on any atom is -0.481 e. The van der Waals surface area contributed by atoms with Gasteiger partial charge >= 0.3 is 5.97 Å². The van der Waals surface area contributed by atoms with Crippen LogP contribution in [0.5, 0.6) is 0 Å². The lowest BCUT2D eigenvalue weighted by molar-refractivity contribution is -0.384. The van der Waals surface area contributed by atoms with E-state index in [0.717, 1.165) is 11.8 Å². The first kappa shape index (κ1) is 21.0. The third-order valence-corrected chi connectivity index (χ3v) is 5.67. The monoisotopic (exact) mass is 452 g/mol. The van der Waals surface area contributed by atoms with Gasteiger partial charge in [-0.15, -0.1) is 0 Å². The van der Waals surface area contributed by atoms with Crippen molar-refractivity contribution in [1.82, 2.24) is 4.90 Å². The molecule has 29 heavy (non-hydrogen) atoms. The van der Waals surface area contributed by atoms with E-state index < -0.39 is 10.9 Å². The Morgan fingerprint density at radius 3 is 2.79 bits per heavy atom. The van der Waals surface area contributed by atoms with Gasteiger partial charge in [-0.05, 0) is 24.6 Å². The minimum absolute atomic E-state index is 0.0480. The van der Waals surface area contributed by atoms with Gasteiger partial charge in [0.1, 0.15) is 15.8 Å². The lowest BCUT2D eigenvalue weighted by Crippen LogP contribution is -2.29. The Hall–Kier alpha value is -2.69. The number of hydrogen-bond donors (Lipinski definition) is 1. The van der Waals surface area contributed by atoms with E-state index in [1.165, 1.54) is 23.1 Å². The van der Waals surface area contributed by atoms with Gasteiger partial charge in [-0.25, -0.2) is 0 Å². The van der Waals surface area contributed by atoms with Gasteiger partial charge in [-0.3, -0.25) is 24.6 Å². The molecule has 1 aliphatic rings. The lowest BCUT2D eigenvalue weighted by Gasteiger charge is -2.13. The first-order chi connectivity index (χ1) is 13.8. The SMILES string of the molecule is O=C(O)CCCN1C(=O)/C(=C/c2ccc(-c3ccc([N+](=O)[O-])cc3Cl)o2)SC1=S. The van der Waals surface area contributed by atoms with Gasteiger partial charge in [0, 0.05) is 36.7 Å². The Bertz CT molecular complexity index is 1050. The van der Waals surface area contributed by atoms with Crippen molar-refractivity contribution >= 4 is 63.5 Å². The van der Waals surface area contributed by atoms with Crippen LogP contribution >= 0.6 is 35.6 Å². The van der Waals surface area contributed by atoms with Gasteiger partial charge in [0.25, 0.3) is 11.6 Å². The third kappa shape index (κ3) is 4.84. The van der Waals surface area contributed by atoms with E-state index >= 15 is 0 Å². The maximum Gasteiger partial charge on any atom is 0.303 e. The van der Waals surface area contributed by atoms with E-state index in [0.29, 0.717) is 32.7 Å². The van der Waals surface area contributed by atoms with Crippen molar-refractivity contribution in [1.29, 1.82) is 0 Å². The molecule has 1 aromatic heterocycles. The largest absolute Gasteiger partial charge is 0.481 e. The zero-order valence-electron chi connectivity index (χ0n) is 14.7. The van der Waals surface area contributed by atoms with Crippen LogP contribution in [-0.4, -0.2) is 37.7 Å². The second-order valence-electron chi connectivity index (χ2n) is 5.95. The highest BCUT2D eigenvalue weighted by molar-refractivity contribution is 8.26. The first-order valence-electron chi connectivity index (χ1n) is 8.27. The lowest BCUT2D eigenvalue weighted by atomic mass is 10.1. The molecular formula is C18H13ClN2O6S2. The number of amides is 1. The summed E-state index contributed by atoms with van der Waals surface area (Å²) < 4.78 is 6.07. The average molecular weight is 453 g/mol. The number of thiocarbonyl (C=S) groups is 1. The molecule has 1 N–H and O–H groups in total. The van der Waals surface area contributed by atoms with Crippen LogP contribution in [0.2, 0.25) is 5.02 Å². The number of rotatable bonds is 7. The van der Waals surface area contributed by atoms with Gasteiger partial charge in [-0.1, -0.05) is 35.6 Å². The first-order valence-corrected chi connectivity index (χ1v) is 9.88. The van der Waals surface area contributed by atoms with Crippen LogP contribution in [0.1, 0.15) is 18.6 Å². The number of halogens is 1. The molecule has 0 radical (unpaired) electrons. The topological polar surface area (TPSA) is 114 Å². The van der Waals surface area contributed by atoms with E-state index in [1.54, 1.807) is 18.2 Å². The van der Waals surface area contributed by atoms with Crippen molar-refractivity contribution in [3.8, 4) is 11.3 Å². The summed E-state index contributed by atoms with van der Waals surface area (Å²) in [6.07, 6.45) is 1.80. The van der Waals surface area contributed by atoms with Crippen LogP contribution < -0.4 is 0 Å². The number of nitro groups is 1. The Morgan fingerprint density at radius 2 is 2.14 bits per heavy atom. The van der Waals surface area contributed by atoms with Crippen molar-refractivity contribution in [2.45, 2.75) is 12.8 Å². The average Bonchev–Trinajstić information content (AvgIpc) is 3.21. The summed E-state index contributed by atoms with van der Waals surface area (Å²) in [6.45, 7) is 0.232. The summed E-state index contributed by atoms with van der Waals surface area (Å²) in [5.74, 6) is -0.454. The summed E-state index contributed by atoms with van der Waals surface area (Å²) >= 11 is 12.4. The molecule has 0 atom stereocenters. The number of nitro benzene ring substituents is 1. The number of carbonyl (C=O) groups is 2. The molecule has 11 heteroatoms. The molecule has 0 bridgehead atoms. The predicted molar refractivity (Wildman–Crippen MR) is 113 cm³/mol. The van der Waals surface area contributed by atoms with E-state index in [1.807, 2.05) is 0 Å². The molecular weight excluding hydrogens is 440 g/mol. The minimum atomic E-state index is -0.931. The summed E-state index contributed by atoms with van der Waals surface area (Å²) in [6, 6.07) is 7.34. The molecule has 0 spiro atoms. The van der Waals surface area contributed by atoms with Gasteiger partial charge in [0.05, 0.1) is 14.9 Å². The smallest absolute Gasteiger partial charge is 0.303 e. The molecule has 8 nitrogen and oxygen atoms in total. The van der Waals surface area contributed by atoms with E-state index in [4.69, 9.17) is 33.3 Å². The highest BCUT2D eigenvalue weighted by Crippen LogP contribution is 2.35. The number of benzene rings is 1. The van der Waals surface area contributed by atoms with Crippen molar-refractivity contribution in [2.75, 3.05) is 6.54 Å². The van der Waals surface area contributed by atoms with Gasteiger partial charge in [-0.2, -0.15) is 0 Å². The van der Waals surface area contributed by atoms with E-state index in [2.05, 4.69) is 0 Å². The highest BCUT2D eigenvalue weighted by atomic mass is 35.5. The Balaban J connectivity index is 1.76. The molecule has 2 heterocycles. The third-order valence-electron chi connectivity index (χ3n) is 3.98. The highest BCUT2D eigenvalue weighted by Gasteiger charge is 2.32. The second-order valence-corrected chi connectivity index (χ2v) is 8.04. The Morgan fingerprint density at radius 1 is 1.38 bits per heavy atom. The van der Waals surface area contributed by atoms with Crippen LogP contribution in [0.25, 0.3) is 17.4 Å². The zero-order valence-corrected chi connectivity index (χ0v) is 17.1. The molecule has 1 amide bonds. The fraction of sp³-hybridized carbons (Fsp3) is 0.167. The molecule has 0 saturated carbocycles. The quantitative estimate of drug-likeness (QED) is 0.281. The molecule has 150 valence electrons. The fourth-order valence-corrected chi connectivity index (χ4v) is 4.16. The molecule has 0 aliphatic carbocycles. The van der Waals surface area contributed by atoms with Crippen LogP contribution in [0.15, 0.2) is 39.7 Å². The Labute approximate surface area is 179 Å². The number of thioether (sulfide) groups is 1. The maximum atomic E-state index is 12.5. The van der Waals surface area contributed by atoms with Crippen molar-refractivity contribution in [2.24, 2.45) is 0 Å².